The van der Waals surface area contributed by atoms with Gasteiger partial charge < -0.3 is 5.32 Å². The van der Waals surface area contributed by atoms with Crippen LogP contribution in [0.2, 0.25) is 0 Å². The smallest absolute Gasteiger partial charge is 0.0208 e. The van der Waals surface area contributed by atoms with Crippen LogP contribution in [0.4, 0.5) is 0 Å². The maximum atomic E-state index is 3.40. The third-order valence-electron chi connectivity index (χ3n) is 2.91. The van der Waals surface area contributed by atoms with E-state index in [9.17, 15) is 0 Å². The second-order valence-electron chi connectivity index (χ2n) is 3.99. The Balaban J connectivity index is 2.32. The molecule has 0 unspecified atom stereocenters. The van der Waals surface area contributed by atoms with Crippen LogP contribution in [0.25, 0.3) is 5.57 Å². The van der Waals surface area contributed by atoms with Gasteiger partial charge >= 0.3 is 0 Å². The van der Waals surface area contributed by atoms with Crippen molar-refractivity contribution in [3.05, 3.63) is 41.0 Å². The van der Waals surface area contributed by atoms with Crippen LogP contribution in [0.15, 0.2) is 24.3 Å². The van der Waals surface area contributed by atoms with Gasteiger partial charge in [0, 0.05) is 6.54 Å². The standard InChI is InChI=1S/C13H17N/c1-10-5-6-12(8-11(10)2)13-4-3-7-14-9-13/h4-6,8,14H,3,7,9H2,1-2H3. The number of nitrogens with one attached hydrogen (secondary N) is 1. The highest BCUT2D eigenvalue weighted by atomic mass is 14.9. The Hall–Kier alpha value is -1.08. The molecule has 0 aromatic heterocycles. The SMILES string of the molecule is Cc1ccc(C2=CCCNC2)cc1C. The summed E-state index contributed by atoms with van der Waals surface area (Å²) in [6.07, 6.45) is 3.50. The van der Waals surface area contributed by atoms with Crippen LogP contribution in [0.1, 0.15) is 23.1 Å². The molecule has 1 heterocycles. The maximum absolute atomic E-state index is 3.40. The van der Waals surface area contributed by atoms with Crippen molar-refractivity contribution in [2.45, 2.75) is 20.3 Å². The largest absolute Gasteiger partial charge is 0.312 e. The first-order valence-electron chi connectivity index (χ1n) is 5.25. The highest BCUT2D eigenvalue weighted by Gasteiger charge is 2.05. The van der Waals surface area contributed by atoms with E-state index in [4.69, 9.17) is 0 Å². The Morgan fingerprint density at radius 1 is 1.14 bits per heavy atom. The van der Waals surface area contributed by atoms with Crippen LogP contribution < -0.4 is 5.32 Å². The topological polar surface area (TPSA) is 12.0 Å². The molecule has 0 bridgehead atoms. The van der Waals surface area contributed by atoms with Crippen molar-refractivity contribution >= 4 is 5.57 Å². The Morgan fingerprint density at radius 2 is 2.00 bits per heavy atom. The average molecular weight is 187 g/mol. The fourth-order valence-electron chi connectivity index (χ4n) is 1.80. The van der Waals surface area contributed by atoms with E-state index < -0.39 is 0 Å². The summed E-state index contributed by atoms with van der Waals surface area (Å²) in [7, 11) is 0. The molecule has 1 aliphatic rings. The first-order chi connectivity index (χ1) is 6.77. The van der Waals surface area contributed by atoms with E-state index in [1.54, 1.807) is 0 Å². The number of aryl methyl sites for hydroxylation is 2. The van der Waals surface area contributed by atoms with Crippen LogP contribution in [-0.2, 0) is 0 Å². The van der Waals surface area contributed by atoms with Crippen molar-refractivity contribution in [1.29, 1.82) is 0 Å². The van der Waals surface area contributed by atoms with Crippen molar-refractivity contribution in [3.8, 4) is 0 Å². The lowest BCUT2D eigenvalue weighted by Crippen LogP contribution is -2.21. The minimum atomic E-state index is 1.02. The summed E-state index contributed by atoms with van der Waals surface area (Å²) >= 11 is 0. The van der Waals surface area contributed by atoms with Gasteiger partial charge in [-0.2, -0.15) is 0 Å². The molecular formula is C13H17N. The minimum absolute atomic E-state index is 1.02. The third kappa shape index (κ3) is 1.88. The van der Waals surface area contributed by atoms with Gasteiger partial charge in [-0.15, -0.1) is 0 Å². The van der Waals surface area contributed by atoms with E-state index in [-0.39, 0.29) is 0 Å². The molecule has 1 aromatic carbocycles. The molecule has 1 N–H and O–H groups in total. The molecule has 1 aromatic rings. The molecule has 1 nitrogen and oxygen atoms in total. The van der Waals surface area contributed by atoms with Crippen LogP contribution in [0, 0.1) is 13.8 Å². The fraction of sp³-hybridized carbons (Fsp3) is 0.385. The Kier molecular flexibility index (Phi) is 2.69. The summed E-state index contributed by atoms with van der Waals surface area (Å²) in [4.78, 5) is 0. The van der Waals surface area contributed by atoms with E-state index in [1.807, 2.05) is 0 Å². The van der Waals surface area contributed by atoms with Crippen LogP contribution in [0.5, 0.6) is 0 Å². The molecule has 0 saturated carbocycles. The van der Waals surface area contributed by atoms with Crippen LogP contribution in [-0.4, -0.2) is 13.1 Å². The summed E-state index contributed by atoms with van der Waals surface area (Å²) < 4.78 is 0. The lowest BCUT2D eigenvalue weighted by Gasteiger charge is -2.15. The zero-order valence-corrected chi connectivity index (χ0v) is 8.93. The lowest BCUT2D eigenvalue weighted by molar-refractivity contribution is 0.739. The number of hydrogen-bond acceptors (Lipinski definition) is 1. The number of hydrogen-bond donors (Lipinski definition) is 1. The van der Waals surface area contributed by atoms with Gasteiger partial charge in [-0.3, -0.25) is 0 Å². The molecule has 0 amide bonds. The summed E-state index contributed by atoms with van der Waals surface area (Å²) in [5.41, 5.74) is 5.58. The Labute approximate surface area is 85.8 Å². The van der Waals surface area contributed by atoms with Crippen molar-refractivity contribution in [2.24, 2.45) is 0 Å². The second-order valence-corrected chi connectivity index (χ2v) is 3.99. The zero-order chi connectivity index (χ0) is 9.97. The van der Waals surface area contributed by atoms with E-state index in [1.165, 1.54) is 22.3 Å². The molecule has 0 spiro atoms. The van der Waals surface area contributed by atoms with E-state index in [0.29, 0.717) is 0 Å². The average Bonchev–Trinajstić information content (AvgIpc) is 2.23. The predicted molar refractivity (Wildman–Crippen MR) is 61.4 cm³/mol. The van der Waals surface area contributed by atoms with Gasteiger partial charge in [-0.1, -0.05) is 24.3 Å². The van der Waals surface area contributed by atoms with Gasteiger partial charge in [-0.25, -0.2) is 0 Å². The molecule has 74 valence electrons. The van der Waals surface area contributed by atoms with Crippen molar-refractivity contribution in [1.82, 2.24) is 5.32 Å². The molecule has 0 aliphatic carbocycles. The van der Waals surface area contributed by atoms with Gasteiger partial charge in [0.2, 0.25) is 0 Å². The molecule has 2 rings (SSSR count). The first kappa shape index (κ1) is 9.47. The van der Waals surface area contributed by atoms with Crippen molar-refractivity contribution in [3.63, 3.8) is 0 Å². The van der Waals surface area contributed by atoms with E-state index in [0.717, 1.165) is 19.5 Å². The highest BCUT2D eigenvalue weighted by molar-refractivity contribution is 5.68. The fourth-order valence-corrected chi connectivity index (χ4v) is 1.80. The molecule has 0 saturated heterocycles. The zero-order valence-electron chi connectivity index (χ0n) is 8.93. The normalized spacial score (nSPS) is 16.6. The van der Waals surface area contributed by atoms with Crippen molar-refractivity contribution < 1.29 is 0 Å². The van der Waals surface area contributed by atoms with Crippen molar-refractivity contribution in [2.75, 3.05) is 13.1 Å². The molecular weight excluding hydrogens is 170 g/mol. The quantitative estimate of drug-likeness (QED) is 0.712. The van der Waals surface area contributed by atoms with Gasteiger partial charge in [0.05, 0.1) is 0 Å². The Morgan fingerprint density at radius 3 is 2.64 bits per heavy atom. The van der Waals surface area contributed by atoms with Gasteiger partial charge in [0.1, 0.15) is 0 Å². The second kappa shape index (κ2) is 3.97. The van der Waals surface area contributed by atoms with E-state index >= 15 is 0 Å². The maximum Gasteiger partial charge on any atom is 0.0208 e. The van der Waals surface area contributed by atoms with Gasteiger partial charge in [-0.05, 0) is 49.1 Å². The lowest BCUT2D eigenvalue weighted by atomic mass is 9.98. The predicted octanol–water partition coefficient (Wildman–Crippen LogP) is 2.68. The van der Waals surface area contributed by atoms with Crippen LogP contribution in [0.3, 0.4) is 0 Å². The minimum Gasteiger partial charge on any atom is -0.312 e. The summed E-state index contributed by atoms with van der Waals surface area (Å²) in [5.74, 6) is 0. The molecule has 0 fully saturated rings. The van der Waals surface area contributed by atoms with Gasteiger partial charge in [0.15, 0.2) is 0 Å². The third-order valence-corrected chi connectivity index (χ3v) is 2.91. The molecule has 14 heavy (non-hydrogen) atoms. The molecule has 1 heteroatoms. The van der Waals surface area contributed by atoms with Gasteiger partial charge in [0.25, 0.3) is 0 Å². The summed E-state index contributed by atoms with van der Waals surface area (Å²) in [5, 5.41) is 3.40. The molecule has 0 radical (unpaired) electrons. The van der Waals surface area contributed by atoms with Crippen LogP contribution >= 0.6 is 0 Å². The number of benzene rings is 1. The molecule has 0 atom stereocenters. The monoisotopic (exact) mass is 187 g/mol. The number of rotatable bonds is 1. The highest BCUT2D eigenvalue weighted by Crippen LogP contribution is 2.19. The summed E-state index contributed by atoms with van der Waals surface area (Å²) in [6.45, 7) is 6.47. The Bertz CT molecular complexity index is 363. The van der Waals surface area contributed by atoms with E-state index in [2.05, 4.69) is 43.4 Å². The molecule has 1 aliphatic heterocycles. The summed E-state index contributed by atoms with van der Waals surface area (Å²) in [6, 6.07) is 6.72. The first-order valence-corrected chi connectivity index (χ1v) is 5.25.